The molecule has 0 amide bonds. The van der Waals surface area contributed by atoms with Crippen LogP contribution in [-0.2, 0) is 15.0 Å². The standard InChI is InChI=1S/C13H25N3O4S/c1-14-9-11-5-4-7-15(10-11)21(19,20)16-8-3-2-6-12(16)13(17)18/h11-12,14H,2-10H2,1H3,(H,17,18). The van der Waals surface area contributed by atoms with E-state index in [1.807, 2.05) is 7.05 Å². The number of carboxylic acids is 1. The van der Waals surface area contributed by atoms with Gasteiger partial charge in [-0.05, 0) is 51.6 Å². The minimum absolute atomic E-state index is 0.298. The molecule has 0 radical (unpaired) electrons. The molecule has 2 fully saturated rings. The zero-order valence-corrected chi connectivity index (χ0v) is 13.3. The molecule has 122 valence electrons. The van der Waals surface area contributed by atoms with E-state index in [9.17, 15) is 18.3 Å². The normalized spacial score (nSPS) is 29.4. The van der Waals surface area contributed by atoms with Crippen molar-refractivity contribution < 1.29 is 18.3 Å². The van der Waals surface area contributed by atoms with E-state index >= 15 is 0 Å². The second-order valence-electron chi connectivity index (χ2n) is 5.89. The lowest BCUT2D eigenvalue weighted by Gasteiger charge is -2.39. The summed E-state index contributed by atoms with van der Waals surface area (Å²) in [6.45, 7) is 2.07. The lowest BCUT2D eigenvalue weighted by molar-refractivity contribution is -0.142. The van der Waals surface area contributed by atoms with Gasteiger partial charge >= 0.3 is 5.97 Å². The van der Waals surface area contributed by atoms with Crippen LogP contribution in [0.15, 0.2) is 0 Å². The van der Waals surface area contributed by atoms with E-state index < -0.39 is 22.2 Å². The summed E-state index contributed by atoms with van der Waals surface area (Å²) < 4.78 is 28.2. The van der Waals surface area contributed by atoms with Crippen LogP contribution in [0.3, 0.4) is 0 Å². The van der Waals surface area contributed by atoms with Gasteiger partial charge < -0.3 is 10.4 Å². The number of piperidine rings is 2. The van der Waals surface area contributed by atoms with Crippen LogP contribution in [0.4, 0.5) is 0 Å². The number of carbonyl (C=O) groups is 1. The predicted molar refractivity (Wildman–Crippen MR) is 79.1 cm³/mol. The van der Waals surface area contributed by atoms with Gasteiger partial charge in [0.05, 0.1) is 0 Å². The number of aliphatic carboxylic acids is 1. The molecule has 2 aliphatic rings. The van der Waals surface area contributed by atoms with Crippen molar-refractivity contribution in [3.05, 3.63) is 0 Å². The molecular weight excluding hydrogens is 294 g/mol. The van der Waals surface area contributed by atoms with E-state index in [4.69, 9.17) is 0 Å². The summed E-state index contributed by atoms with van der Waals surface area (Å²) in [4.78, 5) is 11.3. The molecule has 0 bridgehead atoms. The molecule has 0 aliphatic carbocycles. The van der Waals surface area contributed by atoms with Crippen molar-refractivity contribution in [1.82, 2.24) is 13.9 Å². The number of nitrogens with zero attached hydrogens (tertiary/aromatic N) is 2. The Kier molecular flexibility index (Phi) is 5.59. The summed E-state index contributed by atoms with van der Waals surface area (Å²) in [5, 5.41) is 12.4. The van der Waals surface area contributed by atoms with Gasteiger partial charge in [0.15, 0.2) is 0 Å². The average Bonchev–Trinajstić information content (AvgIpc) is 2.48. The van der Waals surface area contributed by atoms with E-state index in [0.29, 0.717) is 32.0 Å². The lowest BCUT2D eigenvalue weighted by Crippen LogP contribution is -2.55. The molecule has 2 unspecified atom stereocenters. The maximum Gasteiger partial charge on any atom is 0.322 e. The highest BCUT2D eigenvalue weighted by Crippen LogP contribution is 2.26. The Hall–Kier alpha value is -0.700. The van der Waals surface area contributed by atoms with Gasteiger partial charge in [-0.2, -0.15) is 17.0 Å². The van der Waals surface area contributed by atoms with Crippen LogP contribution in [0.5, 0.6) is 0 Å². The third-order valence-corrected chi connectivity index (χ3v) is 6.35. The molecule has 7 nitrogen and oxygen atoms in total. The smallest absolute Gasteiger partial charge is 0.322 e. The van der Waals surface area contributed by atoms with Crippen LogP contribution < -0.4 is 5.32 Å². The van der Waals surface area contributed by atoms with E-state index in [-0.39, 0.29) is 0 Å². The SMILES string of the molecule is CNCC1CCCN(S(=O)(=O)N2CCCCC2C(=O)O)C1. The van der Waals surface area contributed by atoms with Crippen LogP contribution in [0.25, 0.3) is 0 Å². The van der Waals surface area contributed by atoms with Crippen molar-refractivity contribution in [3.8, 4) is 0 Å². The highest BCUT2D eigenvalue weighted by molar-refractivity contribution is 7.86. The van der Waals surface area contributed by atoms with Crippen LogP contribution in [0.2, 0.25) is 0 Å². The van der Waals surface area contributed by atoms with Crippen molar-refractivity contribution >= 4 is 16.2 Å². The molecule has 0 aromatic heterocycles. The molecule has 2 aliphatic heterocycles. The fourth-order valence-corrected chi connectivity index (χ4v) is 5.20. The average molecular weight is 319 g/mol. The third kappa shape index (κ3) is 3.74. The molecule has 0 aromatic rings. The van der Waals surface area contributed by atoms with Crippen LogP contribution in [0, 0.1) is 5.92 Å². The molecule has 8 heteroatoms. The van der Waals surface area contributed by atoms with Crippen molar-refractivity contribution in [3.63, 3.8) is 0 Å². The minimum atomic E-state index is -3.67. The first-order chi connectivity index (χ1) is 9.96. The molecular formula is C13H25N3O4S. The van der Waals surface area contributed by atoms with Crippen LogP contribution >= 0.6 is 0 Å². The fourth-order valence-electron chi connectivity index (χ4n) is 3.27. The second kappa shape index (κ2) is 7.04. The Morgan fingerprint density at radius 3 is 2.67 bits per heavy atom. The monoisotopic (exact) mass is 319 g/mol. The van der Waals surface area contributed by atoms with Gasteiger partial charge in [0, 0.05) is 19.6 Å². The summed E-state index contributed by atoms with van der Waals surface area (Å²) in [7, 11) is -1.81. The molecule has 2 heterocycles. The van der Waals surface area contributed by atoms with Crippen LogP contribution in [0.1, 0.15) is 32.1 Å². The Balaban J connectivity index is 2.13. The van der Waals surface area contributed by atoms with Gasteiger partial charge in [0.2, 0.25) is 0 Å². The van der Waals surface area contributed by atoms with Gasteiger partial charge in [-0.3, -0.25) is 4.79 Å². The van der Waals surface area contributed by atoms with E-state index in [1.54, 1.807) is 0 Å². The van der Waals surface area contributed by atoms with Crippen molar-refractivity contribution in [1.29, 1.82) is 0 Å². The van der Waals surface area contributed by atoms with Crippen LogP contribution in [-0.4, -0.2) is 67.4 Å². The number of hydrogen-bond acceptors (Lipinski definition) is 4. The highest BCUT2D eigenvalue weighted by atomic mass is 32.2. The Bertz CT molecular complexity index is 466. The number of rotatable bonds is 5. The molecule has 0 aromatic carbocycles. The van der Waals surface area contributed by atoms with E-state index in [0.717, 1.165) is 32.2 Å². The highest BCUT2D eigenvalue weighted by Gasteiger charge is 2.41. The first-order valence-electron chi connectivity index (χ1n) is 7.61. The minimum Gasteiger partial charge on any atom is -0.480 e. The summed E-state index contributed by atoms with van der Waals surface area (Å²) >= 11 is 0. The molecule has 2 atom stereocenters. The van der Waals surface area contributed by atoms with Crippen molar-refractivity contribution in [2.75, 3.05) is 33.2 Å². The molecule has 0 saturated carbocycles. The van der Waals surface area contributed by atoms with Gasteiger partial charge in [-0.15, -0.1) is 0 Å². The Labute approximate surface area is 126 Å². The van der Waals surface area contributed by atoms with Gasteiger partial charge in [0.1, 0.15) is 6.04 Å². The predicted octanol–water partition coefficient (Wildman–Crippen LogP) is 0.102. The molecule has 2 N–H and O–H groups in total. The summed E-state index contributed by atoms with van der Waals surface area (Å²) in [6, 6.07) is -0.909. The van der Waals surface area contributed by atoms with E-state index in [1.165, 1.54) is 8.61 Å². The van der Waals surface area contributed by atoms with Crippen molar-refractivity contribution in [2.45, 2.75) is 38.1 Å². The zero-order valence-electron chi connectivity index (χ0n) is 12.5. The molecule has 21 heavy (non-hydrogen) atoms. The Morgan fingerprint density at radius 1 is 1.24 bits per heavy atom. The van der Waals surface area contributed by atoms with Gasteiger partial charge in [-0.25, -0.2) is 0 Å². The fraction of sp³-hybridized carbons (Fsp3) is 0.923. The van der Waals surface area contributed by atoms with Crippen molar-refractivity contribution in [2.24, 2.45) is 5.92 Å². The summed E-state index contributed by atoms with van der Waals surface area (Å²) in [6.07, 6.45) is 3.75. The number of carboxylic acid groups (broad SMARTS) is 1. The summed E-state index contributed by atoms with van der Waals surface area (Å²) in [5.74, 6) is -0.742. The molecule has 0 spiro atoms. The Morgan fingerprint density at radius 2 is 2.00 bits per heavy atom. The maximum atomic E-state index is 12.8. The number of hydrogen-bond donors (Lipinski definition) is 2. The van der Waals surface area contributed by atoms with E-state index in [2.05, 4.69) is 5.32 Å². The van der Waals surface area contributed by atoms with Gasteiger partial charge in [0.25, 0.3) is 10.2 Å². The third-order valence-electron chi connectivity index (χ3n) is 4.34. The lowest BCUT2D eigenvalue weighted by atomic mass is 10.00. The first-order valence-corrected chi connectivity index (χ1v) is 9.01. The quantitative estimate of drug-likeness (QED) is 0.750. The second-order valence-corrected chi connectivity index (χ2v) is 7.77. The largest absolute Gasteiger partial charge is 0.480 e. The molecule has 2 saturated heterocycles. The zero-order chi connectivity index (χ0) is 15.5. The number of nitrogens with one attached hydrogen (secondary N) is 1. The topological polar surface area (TPSA) is 90.0 Å². The van der Waals surface area contributed by atoms with Gasteiger partial charge in [-0.1, -0.05) is 0 Å². The molecule has 2 rings (SSSR count). The maximum absolute atomic E-state index is 12.8. The summed E-state index contributed by atoms with van der Waals surface area (Å²) in [5.41, 5.74) is 0. The first kappa shape index (κ1) is 16.7.